The lowest BCUT2D eigenvalue weighted by molar-refractivity contribution is -0.159. The summed E-state index contributed by atoms with van der Waals surface area (Å²) in [6.45, 7) is 2.02. The maximum atomic E-state index is 12.4. The summed E-state index contributed by atoms with van der Waals surface area (Å²) < 4.78 is 4.96. The van der Waals surface area contributed by atoms with Gasteiger partial charge >= 0.3 is 5.97 Å². The molecule has 1 saturated carbocycles. The van der Waals surface area contributed by atoms with Crippen molar-refractivity contribution in [1.82, 2.24) is 0 Å². The zero-order valence-electron chi connectivity index (χ0n) is 11.1. The van der Waals surface area contributed by atoms with Crippen molar-refractivity contribution in [3.63, 3.8) is 0 Å². The summed E-state index contributed by atoms with van der Waals surface area (Å²) in [5.41, 5.74) is 0.569. The van der Waals surface area contributed by atoms with Crippen LogP contribution in [0.3, 0.4) is 0 Å². The standard InChI is InChI=1S/C15H15NO4/c1-2-20-15(19)11-8-10-12(11)14(18)16(13(10)17)9-6-4-3-5-7-9/h3-7,10-12H,2,8H2,1H3/t10-,11-,12-/m0/s1. The largest absolute Gasteiger partial charge is 0.466 e. The Bertz CT molecular complexity index is 568. The first-order chi connectivity index (χ1) is 9.65. The SMILES string of the molecule is CCOC(=O)[C@H]1C[C@@H]2C(=O)N(c3ccccc3)C(=O)[C@H]12. The number of benzene rings is 1. The van der Waals surface area contributed by atoms with Crippen LogP contribution >= 0.6 is 0 Å². The lowest BCUT2D eigenvalue weighted by atomic mass is 9.66. The highest BCUT2D eigenvalue weighted by atomic mass is 16.5. The molecule has 2 amide bonds. The molecule has 0 aromatic heterocycles. The number of carbonyl (C=O) groups is 3. The number of fused-ring (bicyclic) bond motifs is 1. The molecular weight excluding hydrogens is 258 g/mol. The number of carbonyl (C=O) groups excluding carboxylic acids is 3. The van der Waals surface area contributed by atoms with E-state index < -0.39 is 11.8 Å². The maximum Gasteiger partial charge on any atom is 0.309 e. The van der Waals surface area contributed by atoms with Gasteiger partial charge in [-0.05, 0) is 25.5 Å². The lowest BCUT2D eigenvalue weighted by Crippen LogP contribution is -2.44. The number of ether oxygens (including phenoxy) is 1. The molecule has 0 bridgehead atoms. The molecular formula is C15H15NO4. The number of nitrogens with zero attached hydrogens (tertiary/aromatic N) is 1. The number of hydrogen-bond donors (Lipinski definition) is 0. The van der Waals surface area contributed by atoms with Crippen molar-refractivity contribution in [3.8, 4) is 0 Å². The number of para-hydroxylation sites is 1. The van der Waals surface area contributed by atoms with Gasteiger partial charge in [-0.25, -0.2) is 0 Å². The third kappa shape index (κ3) is 1.73. The normalized spacial score (nSPS) is 28.1. The highest BCUT2D eigenvalue weighted by Gasteiger charge is 2.61. The van der Waals surface area contributed by atoms with Crippen LogP contribution in [0.25, 0.3) is 0 Å². The summed E-state index contributed by atoms with van der Waals surface area (Å²) in [7, 11) is 0. The van der Waals surface area contributed by atoms with Gasteiger partial charge in [0.2, 0.25) is 11.8 Å². The fraction of sp³-hybridized carbons (Fsp3) is 0.400. The van der Waals surface area contributed by atoms with Crippen LogP contribution in [0.1, 0.15) is 13.3 Å². The number of esters is 1. The van der Waals surface area contributed by atoms with Crippen molar-refractivity contribution in [3.05, 3.63) is 30.3 Å². The Hall–Kier alpha value is -2.17. The molecule has 5 nitrogen and oxygen atoms in total. The van der Waals surface area contributed by atoms with E-state index in [-0.39, 0.29) is 30.3 Å². The fourth-order valence-corrected chi connectivity index (χ4v) is 3.00. The van der Waals surface area contributed by atoms with Crippen molar-refractivity contribution in [2.24, 2.45) is 17.8 Å². The molecule has 1 aliphatic carbocycles. The molecule has 2 aliphatic rings. The Labute approximate surface area is 116 Å². The van der Waals surface area contributed by atoms with Gasteiger partial charge in [0.05, 0.1) is 30.0 Å². The van der Waals surface area contributed by atoms with Crippen LogP contribution in [0.15, 0.2) is 30.3 Å². The maximum absolute atomic E-state index is 12.4. The Kier molecular flexibility index (Phi) is 3.04. The highest BCUT2D eigenvalue weighted by molar-refractivity contribution is 6.23. The second kappa shape index (κ2) is 4.74. The molecule has 0 spiro atoms. The van der Waals surface area contributed by atoms with Crippen LogP contribution in [0.4, 0.5) is 5.69 Å². The number of rotatable bonds is 3. The number of hydrogen-bond acceptors (Lipinski definition) is 4. The first-order valence-electron chi connectivity index (χ1n) is 6.74. The Morgan fingerprint density at radius 1 is 1.25 bits per heavy atom. The van der Waals surface area contributed by atoms with Crippen molar-refractivity contribution < 1.29 is 19.1 Å². The molecule has 1 saturated heterocycles. The molecule has 0 unspecified atom stereocenters. The van der Waals surface area contributed by atoms with Gasteiger partial charge < -0.3 is 4.74 Å². The van der Waals surface area contributed by atoms with Crippen LogP contribution in [0, 0.1) is 17.8 Å². The average molecular weight is 273 g/mol. The molecule has 0 N–H and O–H groups in total. The van der Waals surface area contributed by atoms with Crippen LogP contribution in [-0.2, 0) is 19.1 Å². The van der Waals surface area contributed by atoms with E-state index in [0.29, 0.717) is 12.1 Å². The van der Waals surface area contributed by atoms with E-state index in [1.165, 1.54) is 4.90 Å². The molecule has 1 heterocycles. The van der Waals surface area contributed by atoms with Crippen molar-refractivity contribution >= 4 is 23.5 Å². The van der Waals surface area contributed by atoms with E-state index >= 15 is 0 Å². The first-order valence-corrected chi connectivity index (χ1v) is 6.74. The van der Waals surface area contributed by atoms with Gasteiger partial charge in [0.1, 0.15) is 0 Å². The molecule has 3 rings (SSSR count). The summed E-state index contributed by atoms with van der Waals surface area (Å²) in [6, 6.07) is 8.82. The second-order valence-electron chi connectivity index (χ2n) is 5.07. The highest BCUT2D eigenvalue weighted by Crippen LogP contribution is 2.48. The minimum Gasteiger partial charge on any atom is -0.466 e. The van der Waals surface area contributed by atoms with E-state index in [4.69, 9.17) is 4.74 Å². The third-order valence-corrected chi connectivity index (χ3v) is 4.02. The summed E-state index contributed by atoms with van der Waals surface area (Å²) in [4.78, 5) is 37.6. The van der Waals surface area contributed by atoms with E-state index in [2.05, 4.69) is 0 Å². The van der Waals surface area contributed by atoms with Crippen LogP contribution < -0.4 is 4.90 Å². The zero-order valence-corrected chi connectivity index (χ0v) is 11.1. The van der Waals surface area contributed by atoms with Crippen LogP contribution in [0.5, 0.6) is 0 Å². The Morgan fingerprint density at radius 3 is 2.60 bits per heavy atom. The zero-order chi connectivity index (χ0) is 14.3. The molecule has 3 atom stereocenters. The van der Waals surface area contributed by atoms with Gasteiger partial charge in [-0.3, -0.25) is 19.3 Å². The molecule has 1 aromatic rings. The van der Waals surface area contributed by atoms with Crippen LogP contribution in [0.2, 0.25) is 0 Å². The molecule has 2 fully saturated rings. The Morgan fingerprint density at radius 2 is 1.95 bits per heavy atom. The molecule has 1 aliphatic heterocycles. The average Bonchev–Trinajstić information content (AvgIpc) is 2.57. The fourth-order valence-electron chi connectivity index (χ4n) is 3.00. The van der Waals surface area contributed by atoms with Crippen LogP contribution in [-0.4, -0.2) is 24.4 Å². The van der Waals surface area contributed by atoms with Gasteiger partial charge in [0.15, 0.2) is 0 Å². The van der Waals surface area contributed by atoms with Crippen molar-refractivity contribution in [2.45, 2.75) is 13.3 Å². The van der Waals surface area contributed by atoms with Gasteiger partial charge in [-0.2, -0.15) is 0 Å². The number of anilines is 1. The number of imide groups is 1. The summed E-state index contributed by atoms with van der Waals surface area (Å²) >= 11 is 0. The second-order valence-corrected chi connectivity index (χ2v) is 5.07. The molecule has 104 valence electrons. The number of amides is 2. The topological polar surface area (TPSA) is 63.7 Å². The minimum atomic E-state index is -0.540. The van der Waals surface area contributed by atoms with E-state index in [1.54, 1.807) is 31.2 Å². The van der Waals surface area contributed by atoms with Gasteiger partial charge in [0.25, 0.3) is 0 Å². The predicted molar refractivity (Wildman–Crippen MR) is 70.7 cm³/mol. The summed E-state index contributed by atoms with van der Waals surface area (Å²) in [6.07, 6.45) is 0.414. The van der Waals surface area contributed by atoms with Gasteiger partial charge in [-0.1, -0.05) is 18.2 Å². The molecule has 1 aromatic carbocycles. The van der Waals surface area contributed by atoms with E-state index in [9.17, 15) is 14.4 Å². The Balaban J connectivity index is 1.84. The summed E-state index contributed by atoms with van der Waals surface area (Å²) in [5, 5.41) is 0. The monoisotopic (exact) mass is 273 g/mol. The summed E-state index contributed by atoms with van der Waals surface area (Å²) in [5.74, 6) is -2.23. The molecule has 20 heavy (non-hydrogen) atoms. The van der Waals surface area contributed by atoms with E-state index in [1.807, 2.05) is 6.07 Å². The quantitative estimate of drug-likeness (QED) is 0.616. The third-order valence-electron chi connectivity index (χ3n) is 4.02. The van der Waals surface area contributed by atoms with Crippen molar-refractivity contribution in [1.29, 1.82) is 0 Å². The van der Waals surface area contributed by atoms with Gasteiger partial charge in [-0.15, -0.1) is 0 Å². The minimum absolute atomic E-state index is 0.202. The predicted octanol–water partition coefficient (Wildman–Crippen LogP) is 1.38. The van der Waals surface area contributed by atoms with E-state index in [0.717, 1.165) is 0 Å². The lowest BCUT2D eigenvalue weighted by Gasteiger charge is -2.33. The first kappa shape index (κ1) is 12.8. The molecule has 5 heteroatoms. The van der Waals surface area contributed by atoms with Crippen molar-refractivity contribution in [2.75, 3.05) is 11.5 Å². The molecule has 0 radical (unpaired) electrons. The van der Waals surface area contributed by atoms with Gasteiger partial charge in [0, 0.05) is 0 Å². The smallest absolute Gasteiger partial charge is 0.309 e.